The third-order valence-electron chi connectivity index (χ3n) is 13.2. The highest BCUT2D eigenvalue weighted by atomic mass is 15.2. The van der Waals surface area contributed by atoms with E-state index in [1.54, 1.807) is 0 Å². The fourth-order valence-electron chi connectivity index (χ4n) is 10.5. The van der Waals surface area contributed by atoms with Gasteiger partial charge in [-0.3, -0.25) is 0 Å². The van der Waals surface area contributed by atoms with Crippen molar-refractivity contribution in [1.29, 1.82) is 0 Å². The van der Waals surface area contributed by atoms with Gasteiger partial charge in [0.25, 0.3) is 0 Å². The molecule has 1 atom stereocenters. The van der Waals surface area contributed by atoms with Crippen LogP contribution in [0.2, 0.25) is 0 Å². The fraction of sp³-hybridized carbons (Fsp3) is 0.0345. The van der Waals surface area contributed by atoms with Crippen molar-refractivity contribution in [3.8, 4) is 50.2 Å². The SMILES string of the molecule is C1=C(c2ccc3c(c2)c2ccccc2n3-c2ccccc2)CC2C(=C1)N(c1ccccc1)c1ccc(-c3ccc(-c4cc5c6c(cccc6c4)-c4ccccc4-5)cc3)cc12. The minimum atomic E-state index is 0.235. The van der Waals surface area contributed by atoms with Crippen LogP contribution in [-0.4, -0.2) is 4.57 Å². The van der Waals surface area contributed by atoms with E-state index in [0.29, 0.717) is 0 Å². The molecule has 9 aromatic carbocycles. The van der Waals surface area contributed by atoms with Gasteiger partial charge in [-0.2, -0.15) is 0 Å². The maximum atomic E-state index is 2.48. The van der Waals surface area contributed by atoms with Crippen LogP contribution in [0.25, 0.3) is 88.3 Å². The third-order valence-corrected chi connectivity index (χ3v) is 13.2. The number of nitrogens with zero attached hydrogens (tertiary/aromatic N) is 2. The minimum Gasteiger partial charge on any atom is -0.313 e. The average Bonchev–Trinajstić information content (AvgIpc) is 3.95. The van der Waals surface area contributed by atoms with Gasteiger partial charge in [-0.05, 0) is 151 Å². The molecule has 1 aromatic heterocycles. The Balaban J connectivity index is 0.874. The van der Waals surface area contributed by atoms with E-state index < -0.39 is 0 Å². The molecule has 0 N–H and O–H groups in total. The maximum Gasteiger partial charge on any atom is 0.0541 e. The normalized spacial score (nSPS) is 14.9. The van der Waals surface area contributed by atoms with Crippen molar-refractivity contribution in [1.82, 2.24) is 4.57 Å². The minimum absolute atomic E-state index is 0.235. The van der Waals surface area contributed by atoms with Gasteiger partial charge >= 0.3 is 0 Å². The molecule has 0 amide bonds. The zero-order chi connectivity index (χ0) is 39.3. The molecule has 1 aliphatic heterocycles. The highest BCUT2D eigenvalue weighted by Crippen LogP contribution is 2.54. The summed E-state index contributed by atoms with van der Waals surface area (Å²) in [6.07, 6.45) is 5.67. The maximum absolute atomic E-state index is 2.48. The molecule has 0 fully saturated rings. The Morgan fingerprint density at radius 2 is 1.05 bits per heavy atom. The van der Waals surface area contributed by atoms with Crippen LogP contribution in [0, 0.1) is 0 Å². The van der Waals surface area contributed by atoms with E-state index in [4.69, 9.17) is 0 Å². The van der Waals surface area contributed by atoms with Crippen LogP contribution in [0.4, 0.5) is 11.4 Å². The summed E-state index contributed by atoms with van der Waals surface area (Å²) in [7, 11) is 0. The first-order chi connectivity index (χ1) is 29.7. The van der Waals surface area contributed by atoms with Gasteiger partial charge in [0.2, 0.25) is 0 Å². The van der Waals surface area contributed by atoms with Crippen molar-refractivity contribution in [2.75, 3.05) is 4.90 Å². The Kier molecular flexibility index (Phi) is 7.17. The Morgan fingerprint density at radius 1 is 0.400 bits per heavy atom. The molecule has 0 bridgehead atoms. The third kappa shape index (κ3) is 4.95. The highest BCUT2D eigenvalue weighted by Gasteiger charge is 2.37. The van der Waals surface area contributed by atoms with E-state index in [0.717, 1.165) is 6.42 Å². The molecule has 2 aliphatic carbocycles. The second-order valence-electron chi connectivity index (χ2n) is 16.5. The van der Waals surface area contributed by atoms with Crippen molar-refractivity contribution >= 4 is 49.5 Å². The van der Waals surface area contributed by atoms with Crippen molar-refractivity contribution in [2.24, 2.45) is 0 Å². The number of para-hydroxylation sites is 3. The van der Waals surface area contributed by atoms with Crippen LogP contribution in [0.1, 0.15) is 23.5 Å². The molecule has 0 radical (unpaired) electrons. The summed E-state index contributed by atoms with van der Waals surface area (Å²) < 4.78 is 2.40. The zero-order valence-electron chi connectivity index (χ0n) is 32.9. The topological polar surface area (TPSA) is 8.17 Å². The summed E-state index contributed by atoms with van der Waals surface area (Å²) in [5.41, 5.74) is 21.8. The van der Waals surface area contributed by atoms with Crippen molar-refractivity contribution < 1.29 is 0 Å². The second kappa shape index (κ2) is 12.9. The Hall–Kier alpha value is -7.68. The number of aromatic nitrogens is 1. The van der Waals surface area contributed by atoms with E-state index in [1.165, 1.54) is 117 Å². The predicted octanol–water partition coefficient (Wildman–Crippen LogP) is 15.5. The Morgan fingerprint density at radius 3 is 1.87 bits per heavy atom. The highest BCUT2D eigenvalue weighted by molar-refractivity contribution is 6.16. The molecule has 10 aromatic rings. The standard InChI is InChI=1S/C58H38N2/c1-3-13-44(14-4-1)59-54-21-10-9-19-48(54)50-34-40(27-30-55(50)59)41-28-31-57-52(35-41)51-33-39(26-29-56(51)60(57)45-15-5-2-6-16-45)37-22-24-38(25-23-37)43-32-42-12-11-20-49-46-17-7-8-18-47(46)53(36-43)58(42)49/h1-34,36,52H,35H2. The molecule has 1 unspecified atom stereocenters. The van der Waals surface area contributed by atoms with Gasteiger partial charge in [-0.1, -0.05) is 140 Å². The second-order valence-corrected chi connectivity index (χ2v) is 16.5. The van der Waals surface area contributed by atoms with Gasteiger partial charge in [-0.15, -0.1) is 0 Å². The number of fused-ring (bicyclic) bond motifs is 9. The Bertz CT molecular complexity index is 3440. The molecule has 0 spiro atoms. The van der Waals surface area contributed by atoms with E-state index in [9.17, 15) is 0 Å². The molecule has 13 rings (SSSR count). The van der Waals surface area contributed by atoms with Gasteiger partial charge in [0.15, 0.2) is 0 Å². The monoisotopic (exact) mass is 762 g/mol. The van der Waals surface area contributed by atoms with Crippen LogP contribution in [0.3, 0.4) is 0 Å². The molecule has 3 aliphatic rings. The van der Waals surface area contributed by atoms with E-state index >= 15 is 0 Å². The summed E-state index contributed by atoms with van der Waals surface area (Å²) in [6, 6.07) is 74.0. The fourth-order valence-corrected chi connectivity index (χ4v) is 10.5. The first-order valence-corrected chi connectivity index (χ1v) is 21.0. The lowest BCUT2D eigenvalue weighted by molar-refractivity contribution is 0.832. The number of rotatable bonds is 5. The molecule has 2 heteroatoms. The van der Waals surface area contributed by atoms with Gasteiger partial charge in [0.1, 0.15) is 0 Å². The number of allylic oxidation sites excluding steroid dienone is 4. The molecule has 2 heterocycles. The van der Waals surface area contributed by atoms with Gasteiger partial charge in [0, 0.05) is 39.4 Å². The predicted molar refractivity (Wildman–Crippen MR) is 252 cm³/mol. The van der Waals surface area contributed by atoms with Gasteiger partial charge in [0.05, 0.1) is 11.0 Å². The van der Waals surface area contributed by atoms with E-state index in [1.807, 2.05) is 0 Å². The van der Waals surface area contributed by atoms with Crippen molar-refractivity contribution in [3.63, 3.8) is 0 Å². The van der Waals surface area contributed by atoms with Crippen molar-refractivity contribution in [2.45, 2.75) is 12.3 Å². The first-order valence-electron chi connectivity index (χ1n) is 21.0. The molecule has 2 nitrogen and oxygen atoms in total. The van der Waals surface area contributed by atoms with Gasteiger partial charge in [-0.25, -0.2) is 0 Å². The average molecular weight is 763 g/mol. The molecule has 0 saturated carbocycles. The van der Waals surface area contributed by atoms with Crippen LogP contribution in [0.5, 0.6) is 0 Å². The smallest absolute Gasteiger partial charge is 0.0541 e. The van der Waals surface area contributed by atoms with E-state index in [-0.39, 0.29) is 5.92 Å². The number of hydrogen-bond acceptors (Lipinski definition) is 1. The first kappa shape index (κ1) is 33.3. The summed E-state index contributed by atoms with van der Waals surface area (Å²) >= 11 is 0. The zero-order valence-corrected chi connectivity index (χ0v) is 32.9. The van der Waals surface area contributed by atoms with Crippen LogP contribution in [0.15, 0.2) is 218 Å². The summed E-state index contributed by atoms with van der Waals surface area (Å²) in [6.45, 7) is 0. The lowest BCUT2D eigenvalue weighted by Gasteiger charge is -2.26. The summed E-state index contributed by atoms with van der Waals surface area (Å²) in [4.78, 5) is 2.48. The van der Waals surface area contributed by atoms with E-state index in [2.05, 4.69) is 222 Å². The molecule has 0 saturated heterocycles. The molecular formula is C58H38N2. The number of anilines is 2. The largest absolute Gasteiger partial charge is 0.313 e. The molecule has 280 valence electrons. The summed E-state index contributed by atoms with van der Waals surface area (Å²) in [5, 5.41) is 5.23. The Labute approximate surface area is 349 Å². The van der Waals surface area contributed by atoms with Crippen LogP contribution >= 0.6 is 0 Å². The van der Waals surface area contributed by atoms with Crippen LogP contribution < -0.4 is 4.90 Å². The van der Waals surface area contributed by atoms with Crippen molar-refractivity contribution in [3.05, 3.63) is 229 Å². The lowest BCUT2D eigenvalue weighted by Crippen LogP contribution is -2.15. The summed E-state index contributed by atoms with van der Waals surface area (Å²) in [5.74, 6) is 0.235. The number of hydrogen-bond donors (Lipinski definition) is 0. The van der Waals surface area contributed by atoms with Gasteiger partial charge < -0.3 is 9.47 Å². The quantitative estimate of drug-likeness (QED) is 0.170. The lowest BCUT2D eigenvalue weighted by atomic mass is 9.84. The molecule has 60 heavy (non-hydrogen) atoms. The molecular weight excluding hydrogens is 725 g/mol. The van der Waals surface area contributed by atoms with Crippen LogP contribution in [-0.2, 0) is 0 Å². The number of benzene rings is 9.